The summed E-state index contributed by atoms with van der Waals surface area (Å²) >= 11 is 0. The fourth-order valence-corrected chi connectivity index (χ4v) is 5.31. The summed E-state index contributed by atoms with van der Waals surface area (Å²) in [6.07, 6.45) is 0. The smallest absolute Gasteiger partial charge is 0.225 e. The van der Waals surface area contributed by atoms with Gasteiger partial charge in [-0.05, 0) is 24.0 Å². The monoisotopic (exact) mass is 318 g/mol. The molecule has 20 heavy (non-hydrogen) atoms. The minimum Gasteiger partial charge on any atom is -0.225 e. The largest absolute Gasteiger partial charge is 0.244 e. The number of rotatable bonds is 3. The number of nitrogens with two attached hydrogens (primary N) is 1. The average Bonchev–Trinajstić information content (AvgIpc) is 2.69. The first-order valence-corrected chi connectivity index (χ1v) is 9.24. The van der Waals surface area contributed by atoms with Gasteiger partial charge >= 0.3 is 0 Å². The number of hydrogen-bond donors (Lipinski definition) is 1. The normalized spacial score (nSPS) is 24.9. The Morgan fingerprint density at radius 2 is 1.45 bits per heavy atom. The zero-order chi connectivity index (χ0) is 15.1. The zero-order valence-electron chi connectivity index (χ0n) is 11.4. The Labute approximate surface area is 119 Å². The molecule has 2 rings (SSSR count). The molecule has 1 aliphatic heterocycles. The number of primary sulfonamides is 1. The van der Waals surface area contributed by atoms with Gasteiger partial charge in [0, 0.05) is 13.1 Å². The van der Waals surface area contributed by atoms with Crippen LogP contribution in [0.25, 0.3) is 0 Å². The Hall–Kier alpha value is -0.960. The van der Waals surface area contributed by atoms with Crippen molar-refractivity contribution in [1.29, 1.82) is 0 Å². The molecule has 1 fully saturated rings. The van der Waals surface area contributed by atoms with Crippen molar-refractivity contribution in [2.24, 2.45) is 17.0 Å². The molecule has 6 nitrogen and oxygen atoms in total. The van der Waals surface area contributed by atoms with Crippen LogP contribution in [0.4, 0.5) is 0 Å². The molecule has 1 heterocycles. The highest BCUT2D eigenvalue weighted by molar-refractivity contribution is 7.92. The first-order chi connectivity index (χ1) is 9.14. The third-order valence-corrected chi connectivity index (χ3v) is 6.72. The predicted molar refractivity (Wildman–Crippen MR) is 74.9 cm³/mol. The maximum Gasteiger partial charge on any atom is 0.244 e. The van der Waals surface area contributed by atoms with E-state index in [1.54, 1.807) is 0 Å². The second kappa shape index (κ2) is 5.10. The van der Waals surface area contributed by atoms with Crippen LogP contribution in [0.15, 0.2) is 34.1 Å². The summed E-state index contributed by atoms with van der Waals surface area (Å²) in [5.41, 5.74) is 0. The molecule has 0 bridgehead atoms. The number of hydrogen-bond acceptors (Lipinski definition) is 4. The van der Waals surface area contributed by atoms with Crippen molar-refractivity contribution in [2.75, 3.05) is 13.1 Å². The molecule has 1 aromatic carbocycles. The summed E-state index contributed by atoms with van der Waals surface area (Å²) in [7, 11) is -7.92. The standard InChI is InChI=1S/C12H18N2O4S2/c1-9-7-14(8-10(9)2)20(17,18)12-6-4-3-5-11(12)19(13,15)16/h3-6,9-10H,7-8H2,1-2H3,(H2,13,15,16). The van der Waals surface area contributed by atoms with E-state index in [2.05, 4.69) is 0 Å². The molecule has 2 unspecified atom stereocenters. The van der Waals surface area contributed by atoms with Crippen molar-refractivity contribution in [1.82, 2.24) is 4.31 Å². The Morgan fingerprint density at radius 1 is 1.00 bits per heavy atom. The van der Waals surface area contributed by atoms with Crippen molar-refractivity contribution in [3.05, 3.63) is 24.3 Å². The minimum atomic E-state index is -4.08. The topological polar surface area (TPSA) is 97.5 Å². The van der Waals surface area contributed by atoms with E-state index in [4.69, 9.17) is 5.14 Å². The molecule has 0 radical (unpaired) electrons. The molecular formula is C12H18N2O4S2. The fraction of sp³-hybridized carbons (Fsp3) is 0.500. The molecule has 112 valence electrons. The molecule has 2 N–H and O–H groups in total. The summed E-state index contributed by atoms with van der Waals surface area (Å²) in [6, 6.07) is 5.44. The van der Waals surface area contributed by atoms with E-state index in [-0.39, 0.29) is 21.6 Å². The van der Waals surface area contributed by atoms with Gasteiger partial charge in [-0.3, -0.25) is 0 Å². The molecule has 1 saturated heterocycles. The predicted octanol–water partition coefficient (Wildman–Crippen LogP) is 0.611. The quantitative estimate of drug-likeness (QED) is 0.883. The van der Waals surface area contributed by atoms with E-state index in [9.17, 15) is 16.8 Å². The molecule has 0 aromatic heterocycles. The lowest BCUT2D eigenvalue weighted by Crippen LogP contribution is -2.30. The second-order valence-corrected chi connectivity index (χ2v) is 8.70. The molecule has 0 amide bonds. The highest BCUT2D eigenvalue weighted by Crippen LogP contribution is 2.30. The molecule has 2 atom stereocenters. The Kier molecular flexibility index (Phi) is 3.94. The van der Waals surface area contributed by atoms with Crippen LogP contribution in [0.5, 0.6) is 0 Å². The van der Waals surface area contributed by atoms with Crippen LogP contribution in [0, 0.1) is 11.8 Å². The summed E-state index contributed by atoms with van der Waals surface area (Å²) in [6.45, 7) is 4.74. The van der Waals surface area contributed by atoms with Gasteiger partial charge in [0.05, 0.1) is 0 Å². The van der Waals surface area contributed by atoms with E-state index in [1.165, 1.54) is 28.6 Å². The Morgan fingerprint density at radius 3 is 1.90 bits per heavy atom. The van der Waals surface area contributed by atoms with Gasteiger partial charge in [-0.15, -0.1) is 0 Å². The summed E-state index contributed by atoms with van der Waals surface area (Å²) in [4.78, 5) is -0.601. The summed E-state index contributed by atoms with van der Waals surface area (Å²) < 4.78 is 49.6. The number of sulfonamides is 2. The lowest BCUT2D eigenvalue weighted by Gasteiger charge is -2.17. The second-order valence-electron chi connectivity index (χ2n) is 5.27. The van der Waals surface area contributed by atoms with E-state index in [1.807, 2.05) is 13.8 Å². The third kappa shape index (κ3) is 2.73. The molecule has 0 spiro atoms. The lowest BCUT2D eigenvalue weighted by molar-refractivity contribution is 0.461. The lowest BCUT2D eigenvalue weighted by atomic mass is 10.0. The van der Waals surface area contributed by atoms with E-state index in [0.717, 1.165) is 0 Å². The van der Waals surface area contributed by atoms with Gasteiger partial charge in [0.25, 0.3) is 0 Å². The Bertz CT molecular complexity index is 703. The van der Waals surface area contributed by atoms with Crippen molar-refractivity contribution >= 4 is 20.0 Å². The maximum absolute atomic E-state index is 12.6. The van der Waals surface area contributed by atoms with E-state index < -0.39 is 20.0 Å². The van der Waals surface area contributed by atoms with Gasteiger partial charge in [0.15, 0.2) is 0 Å². The summed E-state index contributed by atoms with van der Waals surface area (Å²) in [5, 5.41) is 5.10. The van der Waals surface area contributed by atoms with Crippen LogP contribution in [0.3, 0.4) is 0 Å². The van der Waals surface area contributed by atoms with Crippen molar-refractivity contribution in [2.45, 2.75) is 23.6 Å². The van der Waals surface area contributed by atoms with Gasteiger partial charge in [-0.1, -0.05) is 26.0 Å². The van der Waals surface area contributed by atoms with Crippen molar-refractivity contribution in [3.63, 3.8) is 0 Å². The first-order valence-electron chi connectivity index (χ1n) is 6.26. The molecular weight excluding hydrogens is 300 g/mol. The molecule has 0 aliphatic carbocycles. The first kappa shape index (κ1) is 15.4. The van der Waals surface area contributed by atoms with Crippen LogP contribution >= 0.6 is 0 Å². The van der Waals surface area contributed by atoms with Crippen LogP contribution in [-0.4, -0.2) is 34.2 Å². The van der Waals surface area contributed by atoms with Gasteiger partial charge in [-0.2, -0.15) is 4.31 Å². The maximum atomic E-state index is 12.6. The molecule has 8 heteroatoms. The van der Waals surface area contributed by atoms with Gasteiger partial charge < -0.3 is 0 Å². The fourth-order valence-electron chi connectivity index (χ4n) is 2.31. The van der Waals surface area contributed by atoms with Crippen molar-refractivity contribution < 1.29 is 16.8 Å². The Balaban J connectivity index is 2.52. The van der Waals surface area contributed by atoms with E-state index >= 15 is 0 Å². The third-order valence-electron chi connectivity index (χ3n) is 3.73. The van der Waals surface area contributed by atoms with Gasteiger partial charge in [0.1, 0.15) is 9.79 Å². The van der Waals surface area contributed by atoms with E-state index in [0.29, 0.717) is 13.1 Å². The van der Waals surface area contributed by atoms with Gasteiger partial charge in [-0.25, -0.2) is 22.0 Å². The van der Waals surface area contributed by atoms with Gasteiger partial charge in [0.2, 0.25) is 20.0 Å². The molecule has 0 saturated carbocycles. The summed E-state index contributed by atoms with van der Waals surface area (Å²) in [5.74, 6) is 0.484. The highest BCUT2D eigenvalue weighted by atomic mass is 32.2. The van der Waals surface area contributed by atoms with Crippen LogP contribution < -0.4 is 5.14 Å². The highest BCUT2D eigenvalue weighted by Gasteiger charge is 2.37. The van der Waals surface area contributed by atoms with Crippen molar-refractivity contribution in [3.8, 4) is 0 Å². The minimum absolute atomic E-state index is 0.242. The molecule has 1 aliphatic rings. The SMILES string of the molecule is CC1CN(S(=O)(=O)c2ccccc2S(N)(=O)=O)CC1C. The number of nitrogens with zero attached hydrogens (tertiary/aromatic N) is 1. The zero-order valence-corrected chi connectivity index (χ0v) is 13.0. The number of benzene rings is 1. The van der Waals surface area contributed by atoms with Crippen LogP contribution in [0.2, 0.25) is 0 Å². The molecule has 1 aromatic rings. The average molecular weight is 318 g/mol. The van der Waals surface area contributed by atoms with Crippen LogP contribution in [0.1, 0.15) is 13.8 Å². The van der Waals surface area contributed by atoms with Crippen LogP contribution in [-0.2, 0) is 20.0 Å².